The minimum atomic E-state index is -0.602. The third kappa shape index (κ3) is 2.86. The van der Waals surface area contributed by atoms with Gasteiger partial charge in [-0.2, -0.15) is 0 Å². The van der Waals surface area contributed by atoms with Gasteiger partial charge in [0.1, 0.15) is 17.5 Å². The molecule has 120 valence electrons. The van der Waals surface area contributed by atoms with E-state index in [9.17, 15) is 13.6 Å². The molecular formula is C17H17F2N3O. The standard InChI is InChI=1S/C17H17F2N3O/c18-12-3-1-4-13(19)16(12)17(5-2-6-17)7-15-21-9-11(10-22-15)14(23)8-20/h1,3-4,9-10H,2,5-8,20H2. The Labute approximate surface area is 132 Å². The second kappa shape index (κ2) is 6.12. The molecule has 1 fully saturated rings. The van der Waals surface area contributed by atoms with Gasteiger partial charge >= 0.3 is 0 Å². The van der Waals surface area contributed by atoms with Crippen LogP contribution in [0.25, 0.3) is 0 Å². The molecule has 2 aromatic rings. The molecule has 23 heavy (non-hydrogen) atoms. The molecule has 1 heterocycles. The lowest BCUT2D eigenvalue weighted by Gasteiger charge is -2.42. The summed E-state index contributed by atoms with van der Waals surface area (Å²) in [5.74, 6) is -0.824. The van der Waals surface area contributed by atoms with Crippen LogP contribution in [-0.4, -0.2) is 22.3 Å². The van der Waals surface area contributed by atoms with Gasteiger partial charge in [0.15, 0.2) is 5.78 Å². The first kappa shape index (κ1) is 15.7. The lowest BCUT2D eigenvalue weighted by atomic mass is 9.62. The highest BCUT2D eigenvalue weighted by molar-refractivity contribution is 5.96. The van der Waals surface area contributed by atoms with E-state index in [2.05, 4.69) is 9.97 Å². The van der Waals surface area contributed by atoms with Crippen LogP contribution in [-0.2, 0) is 11.8 Å². The van der Waals surface area contributed by atoms with Gasteiger partial charge in [-0.05, 0) is 25.0 Å². The van der Waals surface area contributed by atoms with E-state index in [0.29, 0.717) is 30.7 Å². The summed E-state index contributed by atoms with van der Waals surface area (Å²) in [7, 11) is 0. The number of ketones is 1. The Balaban J connectivity index is 1.89. The number of benzene rings is 1. The number of Topliss-reactive ketones (excluding diaryl/α,β-unsaturated/α-hetero) is 1. The number of halogens is 2. The van der Waals surface area contributed by atoms with E-state index >= 15 is 0 Å². The van der Waals surface area contributed by atoms with Gasteiger partial charge < -0.3 is 5.73 Å². The van der Waals surface area contributed by atoms with E-state index in [4.69, 9.17) is 5.73 Å². The molecule has 1 aliphatic carbocycles. The van der Waals surface area contributed by atoms with Crippen LogP contribution in [0.3, 0.4) is 0 Å². The van der Waals surface area contributed by atoms with Crippen LogP contribution in [0.15, 0.2) is 30.6 Å². The Hall–Kier alpha value is -2.21. The average molecular weight is 317 g/mol. The number of rotatable bonds is 5. The normalized spacial score (nSPS) is 16.0. The van der Waals surface area contributed by atoms with Gasteiger partial charge in [0.25, 0.3) is 0 Å². The summed E-state index contributed by atoms with van der Waals surface area (Å²) in [6.45, 7) is -0.104. The smallest absolute Gasteiger partial charge is 0.179 e. The largest absolute Gasteiger partial charge is 0.324 e. The Morgan fingerprint density at radius 2 is 1.78 bits per heavy atom. The van der Waals surface area contributed by atoms with Gasteiger partial charge in [-0.15, -0.1) is 0 Å². The van der Waals surface area contributed by atoms with E-state index in [1.54, 1.807) is 0 Å². The monoisotopic (exact) mass is 317 g/mol. The van der Waals surface area contributed by atoms with E-state index in [1.165, 1.54) is 30.6 Å². The van der Waals surface area contributed by atoms with Gasteiger partial charge in [0.05, 0.1) is 12.1 Å². The van der Waals surface area contributed by atoms with Crippen molar-refractivity contribution in [1.29, 1.82) is 0 Å². The van der Waals surface area contributed by atoms with Gasteiger partial charge in [-0.1, -0.05) is 12.5 Å². The molecule has 0 amide bonds. The highest BCUT2D eigenvalue weighted by Gasteiger charge is 2.43. The Morgan fingerprint density at radius 3 is 2.26 bits per heavy atom. The summed E-state index contributed by atoms with van der Waals surface area (Å²) in [5.41, 5.74) is 5.16. The molecule has 0 bridgehead atoms. The van der Waals surface area contributed by atoms with Crippen molar-refractivity contribution in [2.75, 3.05) is 6.54 Å². The van der Waals surface area contributed by atoms with Crippen LogP contribution >= 0.6 is 0 Å². The first-order valence-corrected chi connectivity index (χ1v) is 7.54. The summed E-state index contributed by atoms with van der Waals surface area (Å²) in [6.07, 6.45) is 5.48. The lowest BCUT2D eigenvalue weighted by Crippen LogP contribution is -2.39. The van der Waals surface area contributed by atoms with Crippen molar-refractivity contribution < 1.29 is 13.6 Å². The number of carbonyl (C=O) groups is 1. The fourth-order valence-corrected chi connectivity index (χ4v) is 3.13. The number of nitrogens with two attached hydrogens (primary N) is 1. The zero-order chi connectivity index (χ0) is 16.4. The van der Waals surface area contributed by atoms with Gasteiger partial charge in [0.2, 0.25) is 0 Å². The fraction of sp³-hybridized carbons (Fsp3) is 0.353. The first-order valence-electron chi connectivity index (χ1n) is 7.54. The maximum absolute atomic E-state index is 14.1. The predicted octanol–water partition coefficient (Wildman–Crippen LogP) is 2.56. The van der Waals surface area contributed by atoms with E-state index in [-0.39, 0.29) is 17.9 Å². The van der Waals surface area contributed by atoms with Crippen molar-refractivity contribution in [1.82, 2.24) is 9.97 Å². The van der Waals surface area contributed by atoms with Crippen LogP contribution < -0.4 is 5.73 Å². The van der Waals surface area contributed by atoms with Crippen molar-refractivity contribution in [3.8, 4) is 0 Å². The Kier molecular flexibility index (Phi) is 4.17. The molecule has 4 nitrogen and oxygen atoms in total. The quantitative estimate of drug-likeness (QED) is 0.861. The zero-order valence-electron chi connectivity index (χ0n) is 12.6. The Bertz CT molecular complexity index is 707. The Morgan fingerprint density at radius 1 is 1.17 bits per heavy atom. The van der Waals surface area contributed by atoms with Crippen molar-refractivity contribution in [2.45, 2.75) is 31.1 Å². The molecule has 1 aromatic heterocycles. The fourth-order valence-electron chi connectivity index (χ4n) is 3.13. The molecule has 1 aliphatic rings. The van der Waals surface area contributed by atoms with E-state index in [0.717, 1.165) is 6.42 Å². The molecule has 2 N–H and O–H groups in total. The molecular weight excluding hydrogens is 300 g/mol. The second-order valence-corrected chi connectivity index (χ2v) is 5.92. The summed E-state index contributed by atoms with van der Waals surface area (Å²) in [5, 5.41) is 0. The SMILES string of the molecule is NCC(=O)c1cnc(CC2(c3c(F)cccc3F)CCC2)nc1. The second-order valence-electron chi connectivity index (χ2n) is 5.92. The third-order valence-electron chi connectivity index (χ3n) is 4.51. The summed E-state index contributed by atoms with van der Waals surface area (Å²) in [4.78, 5) is 19.8. The summed E-state index contributed by atoms with van der Waals surface area (Å²) >= 11 is 0. The number of nitrogens with zero attached hydrogens (tertiary/aromatic N) is 2. The molecule has 6 heteroatoms. The van der Waals surface area contributed by atoms with Crippen LogP contribution in [0.4, 0.5) is 8.78 Å². The molecule has 0 spiro atoms. The number of aromatic nitrogens is 2. The van der Waals surface area contributed by atoms with Gasteiger partial charge in [0, 0.05) is 29.8 Å². The van der Waals surface area contributed by atoms with Crippen molar-refractivity contribution in [2.24, 2.45) is 5.73 Å². The molecule has 0 unspecified atom stereocenters. The molecule has 0 saturated heterocycles. The lowest BCUT2D eigenvalue weighted by molar-refractivity contribution is 0.100. The van der Waals surface area contributed by atoms with Crippen molar-refractivity contribution in [3.63, 3.8) is 0 Å². The summed E-state index contributed by atoms with van der Waals surface area (Å²) < 4.78 is 28.3. The molecule has 1 saturated carbocycles. The topological polar surface area (TPSA) is 68.9 Å². The first-order chi connectivity index (χ1) is 11.1. The number of carbonyl (C=O) groups excluding carboxylic acids is 1. The molecule has 0 radical (unpaired) electrons. The highest BCUT2D eigenvalue weighted by atomic mass is 19.1. The van der Waals surface area contributed by atoms with Crippen LogP contribution in [0, 0.1) is 11.6 Å². The van der Waals surface area contributed by atoms with E-state index in [1.807, 2.05) is 0 Å². The average Bonchev–Trinajstić information content (AvgIpc) is 2.52. The van der Waals surface area contributed by atoms with Crippen LogP contribution in [0.2, 0.25) is 0 Å². The summed E-state index contributed by atoms with van der Waals surface area (Å²) in [6, 6.07) is 3.93. The van der Waals surface area contributed by atoms with Crippen molar-refractivity contribution in [3.05, 3.63) is 59.2 Å². The molecule has 1 aromatic carbocycles. The number of hydrogen-bond donors (Lipinski definition) is 1. The van der Waals surface area contributed by atoms with Crippen molar-refractivity contribution >= 4 is 5.78 Å². The molecule has 3 rings (SSSR count). The maximum atomic E-state index is 14.1. The van der Waals surface area contributed by atoms with Crippen LogP contribution in [0.5, 0.6) is 0 Å². The maximum Gasteiger partial charge on any atom is 0.179 e. The minimum absolute atomic E-state index is 0.104. The van der Waals surface area contributed by atoms with E-state index < -0.39 is 17.0 Å². The zero-order valence-corrected chi connectivity index (χ0v) is 12.6. The van der Waals surface area contributed by atoms with Gasteiger partial charge in [-0.3, -0.25) is 4.79 Å². The molecule has 0 aliphatic heterocycles. The molecule has 0 atom stereocenters. The third-order valence-corrected chi connectivity index (χ3v) is 4.51. The predicted molar refractivity (Wildman–Crippen MR) is 81.0 cm³/mol. The van der Waals surface area contributed by atoms with Gasteiger partial charge in [-0.25, -0.2) is 18.7 Å². The van der Waals surface area contributed by atoms with Crippen LogP contribution in [0.1, 0.15) is 41.0 Å². The minimum Gasteiger partial charge on any atom is -0.324 e. The number of hydrogen-bond acceptors (Lipinski definition) is 4. The highest BCUT2D eigenvalue weighted by Crippen LogP contribution is 2.47.